The van der Waals surface area contributed by atoms with Crippen molar-refractivity contribution in [2.75, 3.05) is 13.1 Å². The molecule has 1 aromatic rings. The van der Waals surface area contributed by atoms with Gasteiger partial charge in [0.1, 0.15) is 6.10 Å². The van der Waals surface area contributed by atoms with Crippen LogP contribution in [0.15, 0.2) is 18.3 Å². The third kappa shape index (κ3) is 4.03. The van der Waals surface area contributed by atoms with Gasteiger partial charge in [0, 0.05) is 12.3 Å². The molecule has 1 aromatic heterocycles. The summed E-state index contributed by atoms with van der Waals surface area (Å²) in [7, 11) is 0. The van der Waals surface area contributed by atoms with Crippen LogP contribution in [0.1, 0.15) is 18.4 Å². The van der Waals surface area contributed by atoms with Gasteiger partial charge in [-0.05, 0) is 32.0 Å². The van der Waals surface area contributed by atoms with E-state index < -0.39 is 11.7 Å². The molecule has 1 aliphatic rings. The summed E-state index contributed by atoms with van der Waals surface area (Å²) in [6, 6.07) is 2.26. The smallest absolute Gasteiger partial charge is 0.417 e. The van der Waals surface area contributed by atoms with Crippen molar-refractivity contribution < 1.29 is 17.9 Å². The molecule has 1 fully saturated rings. The molecule has 0 unspecified atom stereocenters. The fourth-order valence-electron chi connectivity index (χ4n) is 1.70. The van der Waals surface area contributed by atoms with Gasteiger partial charge >= 0.3 is 6.18 Å². The van der Waals surface area contributed by atoms with Crippen LogP contribution in [-0.2, 0) is 6.18 Å². The molecule has 18 heavy (non-hydrogen) atoms. The Kier molecular flexibility index (Phi) is 5.22. The quantitative estimate of drug-likeness (QED) is 0.905. The van der Waals surface area contributed by atoms with Crippen molar-refractivity contribution in [3.05, 3.63) is 23.9 Å². The zero-order valence-electron chi connectivity index (χ0n) is 9.54. The minimum Gasteiger partial charge on any atom is -0.474 e. The molecule has 0 saturated carbocycles. The molecule has 102 valence electrons. The third-order valence-electron chi connectivity index (χ3n) is 2.64. The van der Waals surface area contributed by atoms with Crippen LogP contribution in [0.5, 0.6) is 5.88 Å². The zero-order chi connectivity index (χ0) is 12.3. The van der Waals surface area contributed by atoms with Crippen molar-refractivity contribution >= 4 is 12.4 Å². The number of pyridine rings is 1. The number of nitrogens with one attached hydrogen (secondary N) is 1. The first-order chi connectivity index (χ1) is 8.05. The number of piperidine rings is 1. The Labute approximate surface area is 109 Å². The molecule has 0 atom stereocenters. The summed E-state index contributed by atoms with van der Waals surface area (Å²) in [5, 5.41) is 3.18. The lowest BCUT2D eigenvalue weighted by Gasteiger charge is -2.23. The van der Waals surface area contributed by atoms with Crippen LogP contribution < -0.4 is 10.1 Å². The predicted octanol–water partition coefficient (Wildman–Crippen LogP) is 2.65. The fourth-order valence-corrected chi connectivity index (χ4v) is 1.70. The lowest BCUT2D eigenvalue weighted by molar-refractivity contribution is -0.137. The Balaban J connectivity index is 0.00000162. The third-order valence-corrected chi connectivity index (χ3v) is 2.64. The van der Waals surface area contributed by atoms with Crippen LogP contribution in [0.4, 0.5) is 13.2 Å². The average Bonchev–Trinajstić information content (AvgIpc) is 2.30. The number of aromatic nitrogens is 1. The highest BCUT2D eigenvalue weighted by Gasteiger charge is 2.30. The largest absolute Gasteiger partial charge is 0.474 e. The topological polar surface area (TPSA) is 34.1 Å². The SMILES string of the molecule is Cl.FC(F)(F)c1ccc(OC2CCNCC2)nc1. The Bertz CT molecular complexity index is 364. The molecule has 0 aromatic carbocycles. The van der Waals surface area contributed by atoms with E-state index in [-0.39, 0.29) is 24.4 Å². The highest BCUT2D eigenvalue weighted by molar-refractivity contribution is 5.85. The second-order valence-electron chi connectivity index (χ2n) is 3.95. The Morgan fingerprint density at radius 3 is 2.39 bits per heavy atom. The monoisotopic (exact) mass is 282 g/mol. The van der Waals surface area contributed by atoms with Gasteiger partial charge in [0.25, 0.3) is 0 Å². The van der Waals surface area contributed by atoms with E-state index in [0.717, 1.165) is 38.2 Å². The minimum absolute atomic E-state index is 0. The summed E-state index contributed by atoms with van der Waals surface area (Å²) >= 11 is 0. The summed E-state index contributed by atoms with van der Waals surface area (Å²) in [5.41, 5.74) is -0.754. The summed E-state index contributed by atoms with van der Waals surface area (Å²) in [4.78, 5) is 3.68. The van der Waals surface area contributed by atoms with Crippen LogP contribution in [0.2, 0.25) is 0 Å². The van der Waals surface area contributed by atoms with Gasteiger partial charge in [0.05, 0.1) is 5.56 Å². The van der Waals surface area contributed by atoms with E-state index >= 15 is 0 Å². The highest BCUT2D eigenvalue weighted by atomic mass is 35.5. The number of hydrogen-bond acceptors (Lipinski definition) is 3. The zero-order valence-corrected chi connectivity index (χ0v) is 10.4. The van der Waals surface area contributed by atoms with Crippen LogP contribution >= 0.6 is 12.4 Å². The first-order valence-electron chi connectivity index (χ1n) is 5.46. The molecule has 7 heteroatoms. The standard InChI is InChI=1S/C11H13F3N2O.ClH/c12-11(13,14)8-1-2-10(16-7-8)17-9-3-5-15-6-4-9;/h1-2,7,9,15H,3-6H2;1H. The van der Waals surface area contributed by atoms with Crippen molar-refractivity contribution in [3.63, 3.8) is 0 Å². The highest BCUT2D eigenvalue weighted by Crippen LogP contribution is 2.29. The van der Waals surface area contributed by atoms with Gasteiger partial charge in [-0.25, -0.2) is 4.98 Å². The molecule has 0 radical (unpaired) electrons. The lowest BCUT2D eigenvalue weighted by Crippen LogP contribution is -2.34. The molecule has 0 amide bonds. The van der Waals surface area contributed by atoms with Crippen LogP contribution in [0.25, 0.3) is 0 Å². The molecule has 1 aliphatic heterocycles. The van der Waals surface area contributed by atoms with Gasteiger partial charge in [-0.15, -0.1) is 12.4 Å². The second kappa shape index (κ2) is 6.24. The molecule has 0 spiro atoms. The first kappa shape index (κ1) is 15.0. The number of halogens is 4. The molecule has 0 bridgehead atoms. The Morgan fingerprint density at radius 1 is 1.22 bits per heavy atom. The van der Waals surface area contributed by atoms with E-state index in [9.17, 15) is 13.2 Å². The molecule has 1 saturated heterocycles. The van der Waals surface area contributed by atoms with Crippen molar-refractivity contribution in [1.29, 1.82) is 0 Å². The van der Waals surface area contributed by atoms with E-state index in [1.54, 1.807) is 0 Å². The summed E-state index contributed by atoms with van der Waals surface area (Å²) in [6.45, 7) is 1.73. The normalized spacial score (nSPS) is 17.1. The maximum atomic E-state index is 12.3. The molecule has 0 aliphatic carbocycles. The molecule has 3 nitrogen and oxygen atoms in total. The average molecular weight is 283 g/mol. The Morgan fingerprint density at radius 2 is 1.89 bits per heavy atom. The van der Waals surface area contributed by atoms with Crippen molar-refractivity contribution in [2.24, 2.45) is 0 Å². The maximum absolute atomic E-state index is 12.3. The van der Waals surface area contributed by atoms with Gasteiger partial charge in [0.2, 0.25) is 5.88 Å². The number of alkyl halides is 3. The number of nitrogens with zero attached hydrogens (tertiary/aromatic N) is 1. The van der Waals surface area contributed by atoms with Gasteiger partial charge in [0.15, 0.2) is 0 Å². The van der Waals surface area contributed by atoms with Gasteiger partial charge in [-0.2, -0.15) is 13.2 Å². The molecular formula is C11H14ClF3N2O. The summed E-state index contributed by atoms with van der Waals surface area (Å²) in [5.74, 6) is 0.255. The number of hydrogen-bond donors (Lipinski definition) is 1. The van der Waals surface area contributed by atoms with Gasteiger partial charge < -0.3 is 10.1 Å². The van der Waals surface area contributed by atoms with Crippen LogP contribution in [-0.4, -0.2) is 24.2 Å². The first-order valence-corrected chi connectivity index (χ1v) is 5.46. The fraction of sp³-hybridized carbons (Fsp3) is 0.545. The van der Waals surface area contributed by atoms with Crippen molar-refractivity contribution in [3.8, 4) is 5.88 Å². The number of rotatable bonds is 2. The van der Waals surface area contributed by atoms with Crippen molar-refractivity contribution in [2.45, 2.75) is 25.1 Å². The van der Waals surface area contributed by atoms with E-state index in [4.69, 9.17) is 4.74 Å². The summed E-state index contributed by atoms with van der Waals surface area (Å²) in [6.07, 6.45) is -1.80. The van der Waals surface area contributed by atoms with Crippen LogP contribution in [0, 0.1) is 0 Å². The molecular weight excluding hydrogens is 269 g/mol. The van der Waals surface area contributed by atoms with Gasteiger partial charge in [-0.1, -0.05) is 0 Å². The van der Waals surface area contributed by atoms with Crippen molar-refractivity contribution in [1.82, 2.24) is 10.3 Å². The Hall–Kier alpha value is -1.01. The molecule has 2 heterocycles. The minimum atomic E-state index is -4.35. The maximum Gasteiger partial charge on any atom is 0.417 e. The van der Waals surface area contributed by atoms with Crippen LogP contribution in [0.3, 0.4) is 0 Å². The van der Waals surface area contributed by atoms with E-state index in [0.29, 0.717) is 0 Å². The lowest BCUT2D eigenvalue weighted by atomic mass is 10.1. The van der Waals surface area contributed by atoms with E-state index in [2.05, 4.69) is 10.3 Å². The summed E-state index contributed by atoms with van der Waals surface area (Å²) < 4.78 is 42.4. The number of ether oxygens (including phenoxy) is 1. The van der Waals surface area contributed by atoms with Gasteiger partial charge in [-0.3, -0.25) is 0 Å². The second-order valence-corrected chi connectivity index (χ2v) is 3.95. The van der Waals surface area contributed by atoms with E-state index in [1.807, 2.05) is 0 Å². The molecule has 2 rings (SSSR count). The predicted molar refractivity (Wildman–Crippen MR) is 63.0 cm³/mol. The molecule has 1 N–H and O–H groups in total. The van der Waals surface area contributed by atoms with E-state index in [1.165, 1.54) is 6.07 Å².